The molecule has 0 atom stereocenters. The SMILES string of the molecule is O=S(=O)(Cl)Cl.c1ccc2nc3ccccc3cc2c1. The molecule has 6 heteroatoms. The normalized spacial score (nSPS) is 11.1. The van der Waals surface area contributed by atoms with E-state index < -0.39 is 8.26 Å². The topological polar surface area (TPSA) is 47.0 Å². The fourth-order valence-corrected chi connectivity index (χ4v) is 1.72. The highest BCUT2D eigenvalue weighted by atomic mass is 36.0. The molecule has 3 aromatic rings. The molecule has 0 saturated heterocycles. The van der Waals surface area contributed by atoms with E-state index in [1.165, 1.54) is 10.8 Å². The average molecular weight is 314 g/mol. The lowest BCUT2D eigenvalue weighted by Crippen LogP contribution is -1.80. The zero-order valence-electron chi connectivity index (χ0n) is 9.62. The first-order chi connectivity index (χ1) is 8.93. The van der Waals surface area contributed by atoms with Crippen LogP contribution in [0.25, 0.3) is 21.8 Å². The van der Waals surface area contributed by atoms with Crippen LogP contribution in [-0.2, 0) is 8.26 Å². The van der Waals surface area contributed by atoms with Crippen molar-refractivity contribution in [3.05, 3.63) is 54.6 Å². The molecule has 0 radical (unpaired) electrons. The Morgan fingerprint density at radius 2 is 1.16 bits per heavy atom. The van der Waals surface area contributed by atoms with E-state index in [9.17, 15) is 0 Å². The third kappa shape index (κ3) is 4.35. The van der Waals surface area contributed by atoms with Crippen molar-refractivity contribution < 1.29 is 8.42 Å². The smallest absolute Gasteiger partial charge is 0.248 e. The maximum absolute atomic E-state index is 9.16. The summed E-state index contributed by atoms with van der Waals surface area (Å²) in [6, 6.07) is 18.6. The van der Waals surface area contributed by atoms with E-state index >= 15 is 0 Å². The number of hydrogen-bond acceptors (Lipinski definition) is 3. The third-order valence-electron chi connectivity index (χ3n) is 2.43. The maximum Gasteiger partial charge on any atom is 0.317 e. The van der Waals surface area contributed by atoms with Gasteiger partial charge in [0.1, 0.15) is 0 Å². The molecular weight excluding hydrogens is 305 g/mol. The summed E-state index contributed by atoms with van der Waals surface area (Å²) in [4.78, 5) is 4.58. The second-order valence-electron chi connectivity index (χ2n) is 3.75. The Kier molecular flexibility index (Phi) is 4.24. The van der Waals surface area contributed by atoms with E-state index in [-0.39, 0.29) is 0 Å². The van der Waals surface area contributed by atoms with Crippen molar-refractivity contribution >= 4 is 51.4 Å². The van der Waals surface area contributed by atoms with Crippen LogP contribution >= 0.6 is 21.4 Å². The van der Waals surface area contributed by atoms with Crippen LogP contribution in [0.2, 0.25) is 0 Å². The number of rotatable bonds is 0. The number of para-hydroxylation sites is 2. The van der Waals surface area contributed by atoms with E-state index in [0.717, 1.165) is 11.0 Å². The van der Waals surface area contributed by atoms with Gasteiger partial charge in [0.2, 0.25) is 0 Å². The Labute approximate surface area is 119 Å². The summed E-state index contributed by atoms with van der Waals surface area (Å²) in [6.45, 7) is 0. The molecule has 0 aliphatic rings. The maximum atomic E-state index is 9.16. The highest BCUT2D eigenvalue weighted by Crippen LogP contribution is 2.18. The first-order valence-electron chi connectivity index (χ1n) is 5.32. The fraction of sp³-hybridized carbons (Fsp3) is 0. The molecule has 3 rings (SSSR count). The Bertz CT molecular complexity index is 706. The van der Waals surface area contributed by atoms with E-state index in [0.29, 0.717) is 0 Å². The van der Waals surface area contributed by atoms with Crippen molar-refractivity contribution in [2.45, 2.75) is 0 Å². The van der Waals surface area contributed by atoms with Crippen LogP contribution < -0.4 is 0 Å². The number of fused-ring (bicyclic) bond motifs is 2. The van der Waals surface area contributed by atoms with Crippen LogP contribution in [0.15, 0.2) is 54.6 Å². The van der Waals surface area contributed by atoms with Crippen LogP contribution in [0.3, 0.4) is 0 Å². The molecule has 1 aromatic heterocycles. The quantitative estimate of drug-likeness (QED) is 0.464. The Morgan fingerprint density at radius 1 is 0.789 bits per heavy atom. The van der Waals surface area contributed by atoms with Gasteiger partial charge in [-0.05, 0) is 18.2 Å². The molecule has 3 nitrogen and oxygen atoms in total. The molecule has 0 spiro atoms. The number of pyridine rings is 1. The van der Waals surface area contributed by atoms with Gasteiger partial charge in [0, 0.05) is 32.1 Å². The summed E-state index contributed by atoms with van der Waals surface area (Å²) < 4.78 is 18.3. The predicted octanol–water partition coefficient (Wildman–Crippen LogP) is 4.10. The first kappa shape index (κ1) is 14.1. The lowest BCUT2D eigenvalue weighted by atomic mass is 10.1. The van der Waals surface area contributed by atoms with Crippen molar-refractivity contribution in [1.82, 2.24) is 4.98 Å². The van der Waals surface area contributed by atoms with Crippen molar-refractivity contribution in [2.24, 2.45) is 0 Å². The number of halogens is 2. The molecular formula is C13H9Cl2NO2S. The van der Waals surface area contributed by atoms with Gasteiger partial charge in [-0.2, -0.15) is 8.42 Å². The van der Waals surface area contributed by atoms with Gasteiger partial charge < -0.3 is 0 Å². The predicted molar refractivity (Wildman–Crippen MR) is 79.9 cm³/mol. The zero-order valence-corrected chi connectivity index (χ0v) is 12.0. The summed E-state index contributed by atoms with van der Waals surface area (Å²) in [5.74, 6) is 0. The van der Waals surface area contributed by atoms with Crippen molar-refractivity contribution in [2.75, 3.05) is 0 Å². The van der Waals surface area contributed by atoms with Gasteiger partial charge in [-0.15, -0.1) is 0 Å². The molecule has 1 heterocycles. The molecule has 0 saturated carbocycles. The van der Waals surface area contributed by atoms with Gasteiger partial charge in [0.05, 0.1) is 11.0 Å². The Balaban J connectivity index is 0.000000232. The van der Waals surface area contributed by atoms with Crippen LogP contribution in [0, 0.1) is 0 Å². The summed E-state index contributed by atoms with van der Waals surface area (Å²) in [6.07, 6.45) is 0. The average Bonchev–Trinajstić information content (AvgIpc) is 2.34. The lowest BCUT2D eigenvalue weighted by molar-refractivity contribution is 0.621. The standard InChI is InChI=1S/C13H9N.Cl2O2S/c1-3-7-12-10(5-1)9-11-6-2-4-8-13(11)14-12;1-5(2,3)4/h1-9H;. The number of hydrogen-bond donors (Lipinski definition) is 0. The van der Waals surface area contributed by atoms with E-state index in [1.807, 2.05) is 36.4 Å². The van der Waals surface area contributed by atoms with Gasteiger partial charge in [0.25, 0.3) is 0 Å². The minimum atomic E-state index is -3.72. The van der Waals surface area contributed by atoms with Crippen molar-refractivity contribution in [1.29, 1.82) is 0 Å². The van der Waals surface area contributed by atoms with E-state index in [1.54, 1.807) is 0 Å². The lowest BCUT2D eigenvalue weighted by Gasteiger charge is -1.99. The third-order valence-corrected chi connectivity index (χ3v) is 2.43. The monoisotopic (exact) mass is 313 g/mol. The second kappa shape index (κ2) is 5.74. The highest BCUT2D eigenvalue weighted by molar-refractivity contribution is 8.31. The van der Waals surface area contributed by atoms with Crippen molar-refractivity contribution in [3.63, 3.8) is 0 Å². The molecule has 0 amide bonds. The minimum absolute atomic E-state index is 1.06. The van der Waals surface area contributed by atoms with Gasteiger partial charge in [-0.3, -0.25) is 0 Å². The van der Waals surface area contributed by atoms with E-state index in [4.69, 9.17) is 8.42 Å². The largest absolute Gasteiger partial charge is 0.317 e. The zero-order chi connectivity index (χ0) is 13.9. The molecule has 0 fully saturated rings. The Hall–Kier alpha value is -1.36. The Morgan fingerprint density at radius 3 is 1.58 bits per heavy atom. The van der Waals surface area contributed by atoms with Crippen molar-refractivity contribution in [3.8, 4) is 0 Å². The summed E-state index contributed by atoms with van der Waals surface area (Å²) >= 11 is 0. The summed E-state index contributed by atoms with van der Waals surface area (Å²) in [5, 5.41) is 2.40. The van der Waals surface area contributed by atoms with E-state index in [2.05, 4.69) is 44.5 Å². The molecule has 98 valence electrons. The molecule has 0 unspecified atom stereocenters. The van der Waals surface area contributed by atoms with Gasteiger partial charge in [-0.1, -0.05) is 36.4 Å². The molecule has 0 aliphatic heterocycles. The highest BCUT2D eigenvalue weighted by Gasteiger charge is 1.96. The number of benzene rings is 2. The summed E-state index contributed by atoms with van der Waals surface area (Å²) in [5.41, 5.74) is 2.12. The minimum Gasteiger partial charge on any atom is -0.248 e. The van der Waals surface area contributed by atoms with Crippen LogP contribution in [-0.4, -0.2) is 13.4 Å². The fourth-order valence-electron chi connectivity index (χ4n) is 1.72. The molecule has 0 N–H and O–H groups in total. The first-order valence-corrected chi connectivity index (χ1v) is 8.46. The molecule has 19 heavy (non-hydrogen) atoms. The molecule has 0 bridgehead atoms. The number of nitrogens with zero attached hydrogens (tertiary/aromatic N) is 1. The van der Waals surface area contributed by atoms with Gasteiger partial charge in [0.15, 0.2) is 0 Å². The summed E-state index contributed by atoms with van der Waals surface area (Å²) in [7, 11) is 4.81. The second-order valence-corrected chi connectivity index (χ2v) is 7.42. The van der Waals surface area contributed by atoms with Gasteiger partial charge >= 0.3 is 8.26 Å². The van der Waals surface area contributed by atoms with Gasteiger partial charge in [-0.25, -0.2) is 4.98 Å². The van der Waals surface area contributed by atoms with Crippen LogP contribution in [0.5, 0.6) is 0 Å². The number of aromatic nitrogens is 1. The van der Waals surface area contributed by atoms with Crippen LogP contribution in [0.1, 0.15) is 0 Å². The molecule has 2 aromatic carbocycles. The van der Waals surface area contributed by atoms with Crippen LogP contribution in [0.4, 0.5) is 0 Å². The molecule has 0 aliphatic carbocycles.